The first-order valence-electron chi connectivity index (χ1n) is 5.91. The number of nitrogens with zero attached hydrogens (tertiary/aromatic N) is 1. The zero-order chi connectivity index (χ0) is 15.6. The summed E-state index contributed by atoms with van der Waals surface area (Å²) in [6.07, 6.45) is 0. The molecule has 0 unspecified atom stereocenters. The van der Waals surface area contributed by atoms with Gasteiger partial charge in [0.2, 0.25) is 0 Å². The van der Waals surface area contributed by atoms with Crippen molar-refractivity contribution >= 4 is 50.1 Å². The van der Waals surface area contributed by atoms with Gasteiger partial charge in [-0.25, -0.2) is 14.6 Å². The molecular formula is C13H12BrN3O3S. The lowest BCUT2D eigenvalue weighted by Crippen LogP contribution is -2.19. The molecule has 6 nitrogen and oxygen atoms in total. The molecule has 0 saturated heterocycles. The number of carboxylic acids is 1. The number of carbonyl (C=O) groups excluding carboxylic acids is 1. The van der Waals surface area contributed by atoms with Crippen LogP contribution in [0.2, 0.25) is 0 Å². The average molecular weight is 370 g/mol. The van der Waals surface area contributed by atoms with Crippen molar-refractivity contribution in [3.8, 4) is 0 Å². The van der Waals surface area contributed by atoms with Crippen LogP contribution in [0.1, 0.15) is 20.9 Å². The Labute approximate surface area is 133 Å². The molecule has 0 fully saturated rings. The lowest BCUT2D eigenvalue weighted by molar-refractivity contribution is 0.0697. The Hall–Kier alpha value is -1.93. The van der Waals surface area contributed by atoms with Crippen LogP contribution in [0, 0.1) is 13.8 Å². The maximum atomic E-state index is 11.9. The van der Waals surface area contributed by atoms with Gasteiger partial charge in [0.1, 0.15) is 0 Å². The summed E-state index contributed by atoms with van der Waals surface area (Å²) in [6, 6.07) is 3.91. The van der Waals surface area contributed by atoms with Crippen molar-refractivity contribution in [3.63, 3.8) is 0 Å². The van der Waals surface area contributed by atoms with Gasteiger partial charge in [0.25, 0.3) is 0 Å². The van der Waals surface area contributed by atoms with Crippen molar-refractivity contribution in [2.75, 3.05) is 10.6 Å². The SMILES string of the molecule is Cc1nc(NC(=O)Nc2cc(C(=O)O)ccc2Br)sc1C. The molecule has 0 aliphatic rings. The molecule has 0 saturated carbocycles. The number of nitrogens with one attached hydrogen (secondary N) is 2. The van der Waals surface area contributed by atoms with Crippen LogP contribution < -0.4 is 10.6 Å². The first kappa shape index (κ1) is 15.5. The molecule has 1 aromatic heterocycles. The second kappa shape index (κ2) is 6.23. The Morgan fingerprint density at radius 2 is 2.00 bits per heavy atom. The Kier molecular flexibility index (Phi) is 4.59. The van der Waals surface area contributed by atoms with Gasteiger partial charge in [-0.3, -0.25) is 5.32 Å². The molecule has 2 rings (SSSR count). The number of carboxylic acid groups (broad SMARTS) is 1. The third-order valence-electron chi connectivity index (χ3n) is 2.71. The number of aromatic nitrogens is 1. The highest BCUT2D eigenvalue weighted by Gasteiger charge is 2.11. The standard InChI is InChI=1S/C13H12BrN3O3S/c1-6-7(2)21-13(15-6)17-12(20)16-10-5-8(11(18)19)3-4-9(10)14/h3-5H,1-2H3,(H,18,19)(H2,15,16,17,20). The lowest BCUT2D eigenvalue weighted by Gasteiger charge is -2.08. The second-order valence-electron chi connectivity index (χ2n) is 4.24. The molecule has 2 aromatic rings. The fourth-order valence-electron chi connectivity index (χ4n) is 1.53. The van der Waals surface area contributed by atoms with E-state index in [2.05, 4.69) is 31.5 Å². The van der Waals surface area contributed by atoms with Crippen LogP contribution >= 0.6 is 27.3 Å². The van der Waals surface area contributed by atoms with Crippen LogP contribution in [0.15, 0.2) is 22.7 Å². The predicted octanol–water partition coefficient (Wildman–Crippen LogP) is 3.86. The number of aromatic carboxylic acids is 1. The minimum absolute atomic E-state index is 0.0921. The number of thiazole rings is 1. The molecule has 1 heterocycles. The Morgan fingerprint density at radius 1 is 1.29 bits per heavy atom. The largest absolute Gasteiger partial charge is 0.478 e. The monoisotopic (exact) mass is 369 g/mol. The van der Waals surface area contributed by atoms with Crippen LogP contribution in [-0.4, -0.2) is 22.1 Å². The summed E-state index contributed by atoms with van der Waals surface area (Å²) < 4.78 is 0.592. The van der Waals surface area contributed by atoms with E-state index in [0.717, 1.165) is 10.6 Å². The quantitative estimate of drug-likeness (QED) is 0.765. The van der Waals surface area contributed by atoms with E-state index in [9.17, 15) is 9.59 Å². The van der Waals surface area contributed by atoms with E-state index in [4.69, 9.17) is 5.11 Å². The van der Waals surface area contributed by atoms with Crippen molar-refractivity contribution in [2.24, 2.45) is 0 Å². The van der Waals surface area contributed by atoms with Crippen molar-refractivity contribution in [1.29, 1.82) is 0 Å². The highest BCUT2D eigenvalue weighted by molar-refractivity contribution is 9.10. The Balaban J connectivity index is 2.12. The van der Waals surface area contributed by atoms with Crippen LogP contribution in [0.3, 0.4) is 0 Å². The van der Waals surface area contributed by atoms with E-state index in [-0.39, 0.29) is 5.56 Å². The molecule has 0 spiro atoms. The second-order valence-corrected chi connectivity index (χ2v) is 6.30. The minimum Gasteiger partial charge on any atom is -0.478 e. The van der Waals surface area contributed by atoms with Gasteiger partial charge in [0.15, 0.2) is 5.13 Å². The summed E-state index contributed by atoms with van der Waals surface area (Å²) in [5.41, 5.74) is 1.33. The molecule has 0 radical (unpaired) electrons. The highest BCUT2D eigenvalue weighted by Crippen LogP contribution is 2.25. The van der Waals surface area contributed by atoms with Gasteiger partial charge >= 0.3 is 12.0 Å². The first-order chi connectivity index (χ1) is 9.86. The summed E-state index contributed by atoms with van der Waals surface area (Å²) in [4.78, 5) is 28.1. The lowest BCUT2D eigenvalue weighted by atomic mass is 10.2. The van der Waals surface area contributed by atoms with E-state index in [1.165, 1.54) is 23.5 Å². The first-order valence-corrected chi connectivity index (χ1v) is 7.52. The third-order valence-corrected chi connectivity index (χ3v) is 4.39. The maximum Gasteiger partial charge on any atom is 0.335 e. The topological polar surface area (TPSA) is 91.3 Å². The maximum absolute atomic E-state index is 11.9. The summed E-state index contributed by atoms with van der Waals surface area (Å²) in [5.74, 6) is -1.06. The molecule has 8 heteroatoms. The zero-order valence-corrected chi connectivity index (χ0v) is 13.6. The van der Waals surface area contributed by atoms with Gasteiger partial charge in [0, 0.05) is 9.35 Å². The van der Waals surface area contributed by atoms with Gasteiger partial charge in [-0.05, 0) is 48.0 Å². The molecule has 0 bridgehead atoms. The summed E-state index contributed by atoms with van der Waals surface area (Å²) in [5, 5.41) is 14.7. The van der Waals surface area contributed by atoms with Crippen LogP contribution in [0.4, 0.5) is 15.6 Å². The number of hydrogen-bond donors (Lipinski definition) is 3. The van der Waals surface area contributed by atoms with Crippen molar-refractivity contribution < 1.29 is 14.7 Å². The number of aryl methyl sites for hydroxylation is 2. The number of anilines is 2. The van der Waals surface area contributed by atoms with Crippen molar-refractivity contribution in [3.05, 3.63) is 38.8 Å². The number of carbonyl (C=O) groups is 2. The van der Waals surface area contributed by atoms with Gasteiger partial charge in [-0.2, -0.15) is 0 Å². The van der Waals surface area contributed by atoms with Gasteiger partial charge in [-0.15, -0.1) is 11.3 Å². The fraction of sp³-hybridized carbons (Fsp3) is 0.154. The molecule has 1 aromatic carbocycles. The van der Waals surface area contributed by atoms with Gasteiger partial charge in [0.05, 0.1) is 16.9 Å². The number of hydrogen-bond acceptors (Lipinski definition) is 4. The van der Waals surface area contributed by atoms with Crippen molar-refractivity contribution in [2.45, 2.75) is 13.8 Å². The van der Waals surface area contributed by atoms with Crippen LogP contribution in [0.5, 0.6) is 0 Å². The number of urea groups is 1. The number of rotatable bonds is 3. The molecule has 0 atom stereocenters. The normalized spacial score (nSPS) is 10.2. The molecule has 21 heavy (non-hydrogen) atoms. The smallest absolute Gasteiger partial charge is 0.335 e. The summed E-state index contributed by atoms with van der Waals surface area (Å²) in [6.45, 7) is 3.78. The Morgan fingerprint density at radius 3 is 2.57 bits per heavy atom. The number of amides is 2. The highest BCUT2D eigenvalue weighted by atomic mass is 79.9. The summed E-state index contributed by atoms with van der Waals surface area (Å²) in [7, 11) is 0. The van der Waals surface area contributed by atoms with Crippen LogP contribution in [0.25, 0.3) is 0 Å². The van der Waals surface area contributed by atoms with E-state index in [1.54, 1.807) is 6.07 Å². The van der Waals surface area contributed by atoms with Gasteiger partial charge in [-0.1, -0.05) is 0 Å². The van der Waals surface area contributed by atoms with E-state index in [1.807, 2.05) is 13.8 Å². The zero-order valence-electron chi connectivity index (χ0n) is 11.2. The van der Waals surface area contributed by atoms with Crippen LogP contribution in [-0.2, 0) is 0 Å². The Bertz CT molecular complexity index is 695. The number of benzene rings is 1. The molecule has 110 valence electrons. The molecule has 3 N–H and O–H groups in total. The average Bonchev–Trinajstić information content (AvgIpc) is 2.70. The molecule has 0 aliphatic heterocycles. The third kappa shape index (κ3) is 3.79. The summed E-state index contributed by atoms with van der Waals surface area (Å²) >= 11 is 4.64. The van der Waals surface area contributed by atoms with E-state index >= 15 is 0 Å². The number of halogens is 1. The fourth-order valence-corrected chi connectivity index (χ4v) is 2.69. The predicted molar refractivity (Wildman–Crippen MR) is 85.3 cm³/mol. The minimum atomic E-state index is -1.06. The molecule has 2 amide bonds. The van der Waals surface area contributed by atoms with E-state index in [0.29, 0.717) is 15.3 Å². The van der Waals surface area contributed by atoms with Crippen molar-refractivity contribution in [1.82, 2.24) is 4.98 Å². The van der Waals surface area contributed by atoms with Gasteiger partial charge < -0.3 is 10.4 Å². The molecular weight excluding hydrogens is 358 g/mol. The van der Waals surface area contributed by atoms with E-state index < -0.39 is 12.0 Å². The molecule has 0 aliphatic carbocycles.